The van der Waals surface area contributed by atoms with E-state index in [2.05, 4.69) is 41.4 Å². The van der Waals surface area contributed by atoms with E-state index in [1.807, 2.05) is 13.1 Å². The lowest BCUT2D eigenvalue weighted by Gasteiger charge is -2.02. The summed E-state index contributed by atoms with van der Waals surface area (Å²) in [6.45, 7) is 1.84. The number of benzene rings is 3. The predicted octanol–water partition coefficient (Wildman–Crippen LogP) is 4.34. The summed E-state index contributed by atoms with van der Waals surface area (Å²) < 4.78 is 29.6. The third-order valence-corrected chi connectivity index (χ3v) is 4.73. The summed E-state index contributed by atoms with van der Waals surface area (Å²) in [6.07, 6.45) is 2.97. The van der Waals surface area contributed by atoms with Crippen LogP contribution in [-0.4, -0.2) is 19.2 Å². The highest BCUT2D eigenvalue weighted by atomic mass is 32.2. The Morgan fingerprint density at radius 3 is 2.38 bits per heavy atom. The summed E-state index contributed by atoms with van der Waals surface area (Å²) >= 11 is 0. The minimum Gasteiger partial charge on any atom is -0.282 e. The first-order valence-electron chi connectivity index (χ1n) is 7.52. The molecular formula is C19H17NO3S. The van der Waals surface area contributed by atoms with Gasteiger partial charge in [0.25, 0.3) is 10.1 Å². The first kappa shape index (κ1) is 16.4. The fraction of sp³-hybridized carbons (Fsp3) is 0.105. The monoisotopic (exact) mass is 339 g/mol. The van der Waals surface area contributed by atoms with Crippen LogP contribution in [0.2, 0.25) is 0 Å². The zero-order valence-corrected chi connectivity index (χ0v) is 14.0. The maximum absolute atomic E-state index is 10.5. The number of hydrogen-bond donors (Lipinski definition) is 1. The Kier molecular flexibility index (Phi) is 4.46. The van der Waals surface area contributed by atoms with Gasteiger partial charge in [-0.2, -0.15) is 8.42 Å². The van der Waals surface area contributed by atoms with Crippen LogP contribution >= 0.6 is 0 Å². The zero-order chi connectivity index (χ0) is 17.2. The average Bonchev–Trinajstić information content (AvgIpc) is 3.04. The lowest BCUT2D eigenvalue weighted by atomic mass is 10.0. The zero-order valence-electron chi connectivity index (χ0n) is 13.2. The van der Waals surface area contributed by atoms with Crippen molar-refractivity contribution in [1.82, 2.24) is 0 Å². The van der Waals surface area contributed by atoms with Gasteiger partial charge in [-0.25, -0.2) is 0 Å². The van der Waals surface area contributed by atoms with E-state index < -0.39 is 10.1 Å². The Morgan fingerprint density at radius 1 is 0.958 bits per heavy atom. The highest BCUT2D eigenvalue weighted by Crippen LogP contribution is 2.31. The fourth-order valence-electron chi connectivity index (χ4n) is 2.61. The van der Waals surface area contributed by atoms with Gasteiger partial charge in [-0.05, 0) is 41.5 Å². The molecule has 1 heterocycles. The highest BCUT2D eigenvalue weighted by Gasteiger charge is 2.09. The van der Waals surface area contributed by atoms with E-state index in [9.17, 15) is 8.42 Å². The van der Waals surface area contributed by atoms with Crippen LogP contribution in [0.5, 0.6) is 0 Å². The molecule has 0 radical (unpaired) electrons. The standard InChI is InChI=1S/C12H9N.C7H8O3S/c1-2-4-10-9(3-1)5-6-12-11(10)7-8-13-12;1-6-2-4-7(5-3-6)11(8,9)10/h1-6,8H,7H2;2-5H,1H3,(H,8,9,10). The number of aryl methyl sites for hydroxylation is 1. The normalized spacial score (nSPS) is 12.6. The van der Waals surface area contributed by atoms with Crippen molar-refractivity contribution in [3.63, 3.8) is 0 Å². The molecule has 3 aromatic carbocycles. The molecule has 1 aliphatic rings. The predicted molar refractivity (Wildman–Crippen MR) is 96.8 cm³/mol. The van der Waals surface area contributed by atoms with E-state index in [0.717, 1.165) is 17.7 Å². The molecule has 0 saturated carbocycles. The van der Waals surface area contributed by atoms with Crippen molar-refractivity contribution >= 4 is 32.8 Å². The number of rotatable bonds is 1. The lowest BCUT2D eigenvalue weighted by molar-refractivity contribution is 0.483. The maximum Gasteiger partial charge on any atom is 0.294 e. The SMILES string of the molecule is C1=Nc2ccc3ccccc3c2C1.Cc1ccc(S(=O)(=O)O)cc1. The molecule has 0 spiro atoms. The summed E-state index contributed by atoms with van der Waals surface area (Å²) in [5.41, 5.74) is 3.47. The number of aliphatic imine (C=N–C) groups is 1. The molecule has 4 nitrogen and oxygen atoms in total. The van der Waals surface area contributed by atoms with Crippen LogP contribution in [0.1, 0.15) is 11.1 Å². The maximum atomic E-state index is 10.5. The second kappa shape index (κ2) is 6.55. The van der Waals surface area contributed by atoms with Crippen LogP contribution < -0.4 is 0 Å². The number of hydrogen-bond acceptors (Lipinski definition) is 3. The molecule has 0 unspecified atom stereocenters. The van der Waals surface area contributed by atoms with Crippen LogP contribution in [0.4, 0.5) is 5.69 Å². The van der Waals surface area contributed by atoms with Crippen LogP contribution in [0.15, 0.2) is 70.6 Å². The molecule has 0 bridgehead atoms. The molecule has 0 amide bonds. The lowest BCUT2D eigenvalue weighted by Crippen LogP contribution is -1.96. The van der Waals surface area contributed by atoms with E-state index in [1.165, 1.54) is 28.5 Å². The molecule has 24 heavy (non-hydrogen) atoms. The van der Waals surface area contributed by atoms with E-state index in [1.54, 1.807) is 12.1 Å². The average molecular weight is 339 g/mol. The summed E-state index contributed by atoms with van der Waals surface area (Å²) in [6, 6.07) is 18.7. The Bertz CT molecular complexity index is 1010. The fourth-order valence-corrected chi connectivity index (χ4v) is 3.09. The van der Waals surface area contributed by atoms with E-state index in [-0.39, 0.29) is 4.90 Å². The van der Waals surface area contributed by atoms with Gasteiger partial charge in [-0.1, -0.05) is 48.0 Å². The van der Waals surface area contributed by atoms with Crippen molar-refractivity contribution in [2.45, 2.75) is 18.2 Å². The Labute approximate surface area is 141 Å². The Balaban J connectivity index is 0.000000144. The molecule has 5 heteroatoms. The smallest absolute Gasteiger partial charge is 0.282 e. The number of nitrogens with zero attached hydrogens (tertiary/aromatic N) is 1. The second-order valence-corrected chi connectivity index (χ2v) is 7.01. The van der Waals surface area contributed by atoms with Crippen molar-refractivity contribution in [2.24, 2.45) is 4.99 Å². The van der Waals surface area contributed by atoms with E-state index in [0.29, 0.717) is 0 Å². The molecule has 3 aromatic rings. The summed E-state index contributed by atoms with van der Waals surface area (Å²) in [5.74, 6) is 0. The molecule has 4 rings (SSSR count). The second-order valence-electron chi connectivity index (χ2n) is 5.59. The summed E-state index contributed by atoms with van der Waals surface area (Å²) in [5, 5.41) is 2.66. The van der Waals surface area contributed by atoms with Crippen molar-refractivity contribution in [2.75, 3.05) is 0 Å². The Hall–Kier alpha value is -2.50. The molecule has 0 fully saturated rings. The molecular weight excluding hydrogens is 322 g/mol. The molecule has 122 valence electrons. The highest BCUT2D eigenvalue weighted by molar-refractivity contribution is 7.85. The van der Waals surface area contributed by atoms with Crippen LogP contribution in [0.25, 0.3) is 10.8 Å². The van der Waals surface area contributed by atoms with Crippen LogP contribution in [0.3, 0.4) is 0 Å². The van der Waals surface area contributed by atoms with Gasteiger partial charge in [0, 0.05) is 12.6 Å². The quantitative estimate of drug-likeness (QED) is 0.671. The molecule has 1 N–H and O–H groups in total. The van der Waals surface area contributed by atoms with Gasteiger partial charge >= 0.3 is 0 Å². The Morgan fingerprint density at radius 2 is 1.67 bits per heavy atom. The van der Waals surface area contributed by atoms with Gasteiger partial charge in [0.05, 0.1) is 10.6 Å². The summed E-state index contributed by atoms with van der Waals surface area (Å²) in [7, 11) is -4.02. The van der Waals surface area contributed by atoms with Crippen molar-refractivity contribution < 1.29 is 13.0 Å². The van der Waals surface area contributed by atoms with Gasteiger partial charge in [0.2, 0.25) is 0 Å². The van der Waals surface area contributed by atoms with E-state index in [4.69, 9.17) is 4.55 Å². The molecule has 0 aromatic heterocycles. The van der Waals surface area contributed by atoms with Crippen molar-refractivity contribution in [1.29, 1.82) is 0 Å². The largest absolute Gasteiger partial charge is 0.294 e. The van der Waals surface area contributed by atoms with Crippen LogP contribution in [-0.2, 0) is 16.5 Å². The van der Waals surface area contributed by atoms with Crippen molar-refractivity contribution in [3.05, 3.63) is 71.8 Å². The van der Waals surface area contributed by atoms with Crippen LogP contribution in [0, 0.1) is 6.92 Å². The van der Waals surface area contributed by atoms with Gasteiger partial charge in [-0.3, -0.25) is 9.55 Å². The molecule has 1 aliphatic heterocycles. The summed E-state index contributed by atoms with van der Waals surface area (Å²) in [4.78, 5) is 4.26. The molecule has 0 atom stereocenters. The molecule has 0 saturated heterocycles. The minimum absolute atomic E-state index is 0.0666. The van der Waals surface area contributed by atoms with Gasteiger partial charge in [0.1, 0.15) is 0 Å². The van der Waals surface area contributed by atoms with Gasteiger partial charge < -0.3 is 0 Å². The first-order valence-corrected chi connectivity index (χ1v) is 8.96. The van der Waals surface area contributed by atoms with Crippen molar-refractivity contribution in [3.8, 4) is 0 Å². The third-order valence-electron chi connectivity index (χ3n) is 3.86. The van der Waals surface area contributed by atoms with E-state index >= 15 is 0 Å². The number of fused-ring (bicyclic) bond motifs is 3. The first-order chi connectivity index (χ1) is 11.4. The minimum atomic E-state index is -4.02. The topological polar surface area (TPSA) is 66.7 Å². The molecule has 0 aliphatic carbocycles. The van der Waals surface area contributed by atoms with Gasteiger partial charge in [-0.15, -0.1) is 0 Å². The van der Waals surface area contributed by atoms with Gasteiger partial charge in [0.15, 0.2) is 0 Å². The third kappa shape index (κ3) is 3.53.